The van der Waals surface area contributed by atoms with Gasteiger partial charge < -0.3 is 9.84 Å². The Morgan fingerprint density at radius 3 is 2.64 bits per heavy atom. The predicted molar refractivity (Wildman–Crippen MR) is 84.5 cm³/mol. The number of aliphatic carboxylic acids is 1. The molecule has 2 aliphatic heterocycles. The highest BCUT2D eigenvalue weighted by Crippen LogP contribution is 2.46. The summed E-state index contributed by atoms with van der Waals surface area (Å²) in [6.07, 6.45) is 11.8. The molecule has 5 heteroatoms. The van der Waals surface area contributed by atoms with Crippen molar-refractivity contribution in [1.82, 2.24) is 10.2 Å². The van der Waals surface area contributed by atoms with Crippen molar-refractivity contribution in [2.45, 2.75) is 63.9 Å². The van der Waals surface area contributed by atoms with E-state index in [1.165, 1.54) is 0 Å². The van der Waals surface area contributed by atoms with Gasteiger partial charge in [0.05, 0.1) is 18.1 Å². The van der Waals surface area contributed by atoms with Crippen molar-refractivity contribution < 1.29 is 14.6 Å². The second kappa shape index (κ2) is 8.32. The highest BCUT2D eigenvalue weighted by molar-refractivity contribution is 5.71. The van der Waals surface area contributed by atoms with Crippen LogP contribution in [-0.2, 0) is 9.53 Å². The van der Waals surface area contributed by atoms with E-state index in [1.807, 2.05) is 6.07 Å². The monoisotopic (exact) mass is 308 g/mol. The number of aromatic nitrogens is 2. The van der Waals surface area contributed by atoms with Gasteiger partial charge >= 0.3 is 5.97 Å². The fourth-order valence-corrected chi connectivity index (χ4v) is 3.64. The maximum atomic E-state index is 11.5. The predicted octanol–water partition coefficient (Wildman–Crippen LogP) is 3.64. The van der Waals surface area contributed by atoms with Gasteiger partial charge in [0.15, 0.2) is 0 Å². The SMILES string of the molecule is CCCCCC(C(=O)O)C12CCC(CC1)CO2.c1cn[nH]c1. The summed E-state index contributed by atoms with van der Waals surface area (Å²) in [7, 11) is 0. The lowest BCUT2D eigenvalue weighted by molar-refractivity contribution is -0.191. The molecule has 1 aliphatic carbocycles. The Balaban J connectivity index is 0.000000299. The lowest BCUT2D eigenvalue weighted by atomic mass is 9.68. The van der Waals surface area contributed by atoms with E-state index in [9.17, 15) is 9.90 Å². The lowest BCUT2D eigenvalue weighted by Gasteiger charge is -2.49. The minimum atomic E-state index is -0.651. The Labute approximate surface area is 132 Å². The second-order valence-corrected chi connectivity index (χ2v) is 6.47. The molecule has 1 atom stereocenters. The average Bonchev–Trinajstić information content (AvgIpc) is 3.12. The summed E-state index contributed by atoms with van der Waals surface area (Å²) in [5, 5.41) is 15.7. The molecule has 0 spiro atoms. The van der Waals surface area contributed by atoms with Crippen LogP contribution in [0.2, 0.25) is 0 Å². The fourth-order valence-electron chi connectivity index (χ4n) is 3.64. The molecule has 1 aromatic rings. The van der Waals surface area contributed by atoms with Crippen molar-refractivity contribution in [2.24, 2.45) is 11.8 Å². The molecule has 1 unspecified atom stereocenters. The molecular weight excluding hydrogens is 280 g/mol. The fraction of sp³-hybridized carbons (Fsp3) is 0.765. The number of carboxylic acid groups (broad SMARTS) is 1. The van der Waals surface area contributed by atoms with Crippen molar-refractivity contribution in [3.8, 4) is 0 Å². The minimum Gasteiger partial charge on any atom is -0.481 e. The molecule has 1 saturated carbocycles. The van der Waals surface area contributed by atoms with E-state index in [0.717, 1.165) is 58.0 Å². The van der Waals surface area contributed by atoms with Gasteiger partial charge in [-0.2, -0.15) is 5.10 Å². The zero-order valence-electron chi connectivity index (χ0n) is 13.5. The number of aromatic amines is 1. The Hall–Kier alpha value is -1.36. The number of rotatable bonds is 6. The largest absolute Gasteiger partial charge is 0.481 e. The maximum absolute atomic E-state index is 11.5. The van der Waals surface area contributed by atoms with Crippen LogP contribution in [0.25, 0.3) is 0 Å². The number of nitrogens with one attached hydrogen (secondary N) is 1. The third-order valence-corrected chi connectivity index (χ3v) is 4.99. The molecule has 4 rings (SSSR count). The Kier molecular flexibility index (Phi) is 6.43. The molecule has 124 valence electrons. The quantitative estimate of drug-likeness (QED) is 0.787. The first kappa shape index (κ1) is 17.0. The molecule has 22 heavy (non-hydrogen) atoms. The van der Waals surface area contributed by atoms with Gasteiger partial charge in [-0.05, 0) is 44.1 Å². The highest BCUT2D eigenvalue weighted by atomic mass is 16.5. The van der Waals surface area contributed by atoms with Crippen LogP contribution >= 0.6 is 0 Å². The summed E-state index contributed by atoms with van der Waals surface area (Å²) in [5.74, 6) is -0.237. The Morgan fingerprint density at radius 1 is 1.45 bits per heavy atom. The van der Waals surface area contributed by atoms with E-state index in [0.29, 0.717) is 5.92 Å². The first-order chi connectivity index (χ1) is 10.7. The van der Waals surface area contributed by atoms with Crippen LogP contribution in [-0.4, -0.2) is 33.5 Å². The molecule has 2 saturated heterocycles. The van der Waals surface area contributed by atoms with E-state index in [4.69, 9.17) is 4.74 Å². The normalized spacial score (nSPS) is 27.8. The molecule has 2 N–H and O–H groups in total. The summed E-state index contributed by atoms with van der Waals surface area (Å²) in [4.78, 5) is 11.5. The van der Waals surface area contributed by atoms with Crippen molar-refractivity contribution in [3.05, 3.63) is 18.5 Å². The maximum Gasteiger partial charge on any atom is 0.309 e. The molecule has 1 aromatic heterocycles. The van der Waals surface area contributed by atoms with E-state index < -0.39 is 5.97 Å². The topological polar surface area (TPSA) is 75.2 Å². The number of ether oxygens (including phenoxy) is 1. The van der Waals surface area contributed by atoms with Gasteiger partial charge in [0.2, 0.25) is 0 Å². The number of H-pyrrole nitrogens is 1. The summed E-state index contributed by atoms with van der Waals surface area (Å²) in [6, 6.07) is 1.83. The standard InChI is InChI=1S/C14H24O3.C3H4N2/c1-2-3-4-5-12(13(15)16)14-8-6-11(7-9-14)10-17-14;1-2-4-5-3-1/h11-12H,2-10H2,1H3,(H,15,16);1-3H,(H,4,5). The number of hydrogen-bond acceptors (Lipinski definition) is 3. The molecule has 0 aromatic carbocycles. The van der Waals surface area contributed by atoms with E-state index in [-0.39, 0.29) is 11.5 Å². The third kappa shape index (κ3) is 4.32. The van der Waals surface area contributed by atoms with E-state index >= 15 is 0 Å². The number of fused-ring (bicyclic) bond motifs is 3. The zero-order chi connectivity index (χ0) is 15.8. The number of carboxylic acids is 1. The van der Waals surface area contributed by atoms with Crippen LogP contribution in [0.5, 0.6) is 0 Å². The number of unbranched alkanes of at least 4 members (excludes halogenated alkanes) is 2. The van der Waals surface area contributed by atoms with Crippen molar-refractivity contribution in [1.29, 1.82) is 0 Å². The number of nitrogens with zero attached hydrogens (tertiary/aromatic N) is 1. The van der Waals surface area contributed by atoms with E-state index in [2.05, 4.69) is 17.1 Å². The molecule has 3 aliphatic rings. The smallest absolute Gasteiger partial charge is 0.309 e. The molecule has 0 amide bonds. The Bertz CT molecular complexity index is 394. The molecule has 3 fully saturated rings. The molecule has 5 nitrogen and oxygen atoms in total. The second-order valence-electron chi connectivity index (χ2n) is 6.47. The van der Waals surface area contributed by atoms with Crippen LogP contribution in [0.1, 0.15) is 58.3 Å². The van der Waals surface area contributed by atoms with Crippen LogP contribution < -0.4 is 0 Å². The summed E-state index contributed by atoms with van der Waals surface area (Å²) >= 11 is 0. The lowest BCUT2D eigenvalue weighted by Crippen LogP contribution is -2.52. The first-order valence-electron chi connectivity index (χ1n) is 8.48. The van der Waals surface area contributed by atoms with Gasteiger partial charge in [-0.3, -0.25) is 9.89 Å². The van der Waals surface area contributed by atoms with Gasteiger partial charge in [-0.25, -0.2) is 0 Å². The van der Waals surface area contributed by atoms with Crippen LogP contribution in [0.15, 0.2) is 18.5 Å². The minimum absolute atomic E-state index is 0.282. The molecule has 3 heterocycles. The van der Waals surface area contributed by atoms with Gasteiger partial charge in [0.1, 0.15) is 0 Å². The molecule has 0 radical (unpaired) electrons. The van der Waals surface area contributed by atoms with Crippen molar-refractivity contribution in [3.63, 3.8) is 0 Å². The number of carbonyl (C=O) groups is 1. The third-order valence-electron chi connectivity index (χ3n) is 4.99. The Morgan fingerprint density at radius 2 is 2.23 bits per heavy atom. The zero-order valence-corrected chi connectivity index (χ0v) is 13.5. The highest BCUT2D eigenvalue weighted by Gasteiger charge is 2.49. The van der Waals surface area contributed by atoms with Crippen molar-refractivity contribution in [2.75, 3.05) is 6.61 Å². The van der Waals surface area contributed by atoms with Gasteiger partial charge in [0, 0.05) is 12.4 Å². The van der Waals surface area contributed by atoms with Crippen LogP contribution in [0.4, 0.5) is 0 Å². The molecular formula is C17H28N2O3. The van der Waals surface area contributed by atoms with Crippen molar-refractivity contribution >= 4 is 5.97 Å². The summed E-state index contributed by atoms with van der Waals surface area (Å²) in [5.41, 5.74) is -0.325. The first-order valence-corrected chi connectivity index (χ1v) is 8.48. The average molecular weight is 308 g/mol. The van der Waals surface area contributed by atoms with Gasteiger partial charge in [-0.15, -0.1) is 0 Å². The summed E-state index contributed by atoms with van der Waals surface area (Å²) in [6.45, 7) is 2.94. The van der Waals surface area contributed by atoms with Gasteiger partial charge in [0.25, 0.3) is 0 Å². The van der Waals surface area contributed by atoms with Crippen LogP contribution in [0, 0.1) is 11.8 Å². The number of hydrogen-bond donors (Lipinski definition) is 2. The van der Waals surface area contributed by atoms with E-state index in [1.54, 1.807) is 12.4 Å². The summed E-state index contributed by atoms with van der Waals surface area (Å²) < 4.78 is 5.94. The van der Waals surface area contributed by atoms with Gasteiger partial charge in [-0.1, -0.05) is 26.2 Å². The molecule has 2 bridgehead atoms. The van der Waals surface area contributed by atoms with Crippen LogP contribution in [0.3, 0.4) is 0 Å².